The van der Waals surface area contributed by atoms with Crippen molar-refractivity contribution in [3.8, 4) is 103 Å². The molecule has 0 aliphatic rings. The van der Waals surface area contributed by atoms with E-state index >= 15 is 0 Å². The first-order valence-electron chi connectivity index (χ1n) is 27.8. The molecule has 0 aliphatic heterocycles. The lowest BCUT2D eigenvalue weighted by Gasteiger charge is -2.23. The van der Waals surface area contributed by atoms with Crippen LogP contribution in [0.25, 0.3) is 98.7 Å². The third-order valence-electron chi connectivity index (χ3n) is 14.3. The second kappa shape index (κ2) is 31.0. The van der Waals surface area contributed by atoms with E-state index in [2.05, 4.69) is 273 Å². The number of hydrogen-bond donors (Lipinski definition) is 1. The highest BCUT2D eigenvalue weighted by atomic mass is 18.0. The Balaban J connectivity index is 0.951. The molecule has 0 saturated carbocycles. The first-order valence-corrected chi connectivity index (χ1v) is 27.8. The summed E-state index contributed by atoms with van der Waals surface area (Å²) in [6, 6.07) is 64.2. The molecule has 0 atom stereocenters. The summed E-state index contributed by atoms with van der Waals surface area (Å²) in [6.45, 7) is 7.14. The number of rotatable bonds is 26. The third kappa shape index (κ3) is 15.6. The maximum absolute atomic E-state index is 12.9. The maximum atomic E-state index is 12.9. The molecule has 18 nitrogen and oxygen atoms in total. The molecule has 0 aliphatic carbocycles. The van der Waals surface area contributed by atoms with Gasteiger partial charge in [-0.15, -0.1) is 0 Å². The zero-order valence-corrected chi connectivity index (χ0v) is 47.7. The van der Waals surface area contributed by atoms with Gasteiger partial charge in [-0.3, -0.25) is 4.89 Å². The normalized spacial score (nSPS) is 11.0. The number of esters is 1. The molecule has 0 spiro atoms. The van der Waals surface area contributed by atoms with Crippen LogP contribution in [-0.4, -0.2) is 23.8 Å². The van der Waals surface area contributed by atoms with E-state index in [1.54, 1.807) is 12.1 Å². The summed E-state index contributed by atoms with van der Waals surface area (Å²) in [7, 11) is 0. The molecule has 0 fully saturated rings. The monoisotopic (exact) mass is 1180 g/mol. The molecule has 88 heavy (non-hydrogen) atoms. The van der Waals surface area contributed by atoms with Crippen LogP contribution in [-0.2, 0) is 74.9 Å². The minimum atomic E-state index is -1.29. The van der Waals surface area contributed by atoms with Gasteiger partial charge in [-0.1, -0.05) is 202 Å². The zero-order chi connectivity index (χ0) is 60.9. The number of fused-ring (bicyclic) bond motifs is 4. The van der Waals surface area contributed by atoms with Gasteiger partial charge in [0, 0.05) is 42.1 Å². The fourth-order valence-corrected chi connectivity index (χ4v) is 10.4. The van der Waals surface area contributed by atoms with Crippen LogP contribution in [0.3, 0.4) is 0 Å². The number of hydrogen-bond acceptors (Lipinski definition) is 18. The third-order valence-corrected chi connectivity index (χ3v) is 14.3. The Morgan fingerprint density at radius 2 is 0.773 bits per heavy atom. The summed E-state index contributed by atoms with van der Waals surface area (Å²) >= 11 is 0. The molecule has 10 aromatic rings. The fourth-order valence-electron chi connectivity index (χ4n) is 10.4. The SMILES string of the molecule is CCCCCCCCOc1ccc(-c2c3ccccc3c(-c3c4ccc(C)cc4c(-c4ccc(OC(=O)C#CC#CC#CC(=O)OOOOOOOOOOOOOO)cc4)c4ccc(-c5ccc(-c6ccc(C)cc6)cc5)cc34)c3ccccc23)cc1. The summed E-state index contributed by atoms with van der Waals surface area (Å²) < 4.78 is 11.9. The van der Waals surface area contributed by atoms with Gasteiger partial charge in [-0.25, -0.2) is 14.8 Å². The molecule has 0 radical (unpaired) electrons. The highest BCUT2D eigenvalue weighted by molar-refractivity contribution is 6.30. The lowest BCUT2D eigenvalue weighted by molar-refractivity contribution is -0.874. The van der Waals surface area contributed by atoms with Crippen LogP contribution in [0, 0.1) is 49.4 Å². The molecule has 0 bridgehead atoms. The van der Waals surface area contributed by atoms with Gasteiger partial charge in [0.15, 0.2) is 0 Å². The Morgan fingerprint density at radius 3 is 1.36 bits per heavy atom. The molecular weight excluding hydrogens is 1130 g/mol. The number of ether oxygens (including phenoxy) is 2. The molecule has 1 N–H and O–H groups in total. The first-order chi connectivity index (χ1) is 43.3. The number of aryl methyl sites for hydroxylation is 2. The Kier molecular flexibility index (Phi) is 21.6. The Hall–Kier alpha value is -9.86. The van der Waals surface area contributed by atoms with Crippen LogP contribution in [0.5, 0.6) is 11.5 Å². The zero-order valence-electron chi connectivity index (χ0n) is 47.7. The summed E-state index contributed by atoms with van der Waals surface area (Å²) in [4.78, 5) is 28.7. The van der Waals surface area contributed by atoms with E-state index in [1.807, 2.05) is 18.1 Å². The number of unbranched alkanes of at least 4 members (excludes halogenated alkanes) is 5. The molecule has 0 aromatic heterocycles. The van der Waals surface area contributed by atoms with E-state index in [0.717, 1.165) is 116 Å². The van der Waals surface area contributed by atoms with Crippen LogP contribution < -0.4 is 9.47 Å². The van der Waals surface area contributed by atoms with Crippen LogP contribution in [0.1, 0.15) is 56.6 Å². The average molecular weight is 1180 g/mol. The maximum Gasteiger partial charge on any atom is 0.421 e. The van der Waals surface area contributed by atoms with Crippen molar-refractivity contribution in [2.45, 2.75) is 59.3 Å². The minimum absolute atomic E-state index is 0.254. The second-order valence-corrected chi connectivity index (χ2v) is 19.8. The van der Waals surface area contributed by atoms with Gasteiger partial charge < -0.3 is 9.47 Å². The van der Waals surface area contributed by atoms with Crippen LogP contribution in [0.2, 0.25) is 0 Å². The number of benzene rings is 10. The van der Waals surface area contributed by atoms with Gasteiger partial charge in [-0.2, -0.15) is 0 Å². The van der Waals surface area contributed by atoms with Gasteiger partial charge in [0.25, 0.3) is 0 Å². The van der Waals surface area contributed by atoms with Crippen molar-refractivity contribution in [1.82, 2.24) is 0 Å². The highest BCUT2D eigenvalue weighted by Crippen LogP contribution is 2.51. The molecule has 0 amide bonds. The lowest BCUT2D eigenvalue weighted by atomic mass is 9.80. The minimum Gasteiger partial charge on any atom is -0.494 e. The van der Waals surface area contributed by atoms with Crippen molar-refractivity contribution in [2.75, 3.05) is 6.61 Å². The van der Waals surface area contributed by atoms with Gasteiger partial charge in [0.1, 0.15) is 11.5 Å². The Bertz CT molecular complexity index is 4210. The van der Waals surface area contributed by atoms with E-state index in [-0.39, 0.29) is 5.75 Å². The van der Waals surface area contributed by atoms with Gasteiger partial charge in [-0.05, 0) is 203 Å². The summed E-state index contributed by atoms with van der Waals surface area (Å²) in [5, 5.41) is 59.5. The highest BCUT2D eigenvalue weighted by Gasteiger charge is 2.24. The summed E-state index contributed by atoms with van der Waals surface area (Å²) in [5.41, 5.74) is 13.2. The van der Waals surface area contributed by atoms with Gasteiger partial charge in [0.05, 0.1) is 6.61 Å². The average Bonchev–Trinajstić information content (AvgIpc) is 0.735. The van der Waals surface area contributed by atoms with Gasteiger partial charge in [0.2, 0.25) is 0 Å². The molecule has 10 aromatic carbocycles. The van der Waals surface area contributed by atoms with Crippen molar-refractivity contribution >= 4 is 55.0 Å². The summed E-state index contributed by atoms with van der Waals surface area (Å²) in [6.07, 6.45) is 7.24. The second-order valence-electron chi connectivity index (χ2n) is 19.8. The molecule has 10 rings (SSSR count). The topological polar surface area (TPSA) is 193 Å². The van der Waals surface area contributed by atoms with Crippen LogP contribution >= 0.6 is 0 Å². The van der Waals surface area contributed by atoms with Crippen LogP contribution in [0.4, 0.5) is 0 Å². The van der Waals surface area contributed by atoms with Crippen molar-refractivity contribution < 1.29 is 89.7 Å². The van der Waals surface area contributed by atoms with E-state index in [9.17, 15) is 9.59 Å². The fraction of sp³-hybridized carbons (Fsp3) is 0.143. The molecule has 0 unspecified atom stereocenters. The standard InChI is InChI=1S/C70H54O18/c1-4-5-6-7-10-17-44-74-55-38-33-52(34-39-55)67-57-18-13-15-20-59(57)69(60-21-16-14-19-58(60)67)70-62-42-26-48(3)45-63(62)68(61-43-37-54(46-64(61)70)51-31-29-50(30-32-51)49-27-24-47(2)25-28-49)53-35-40-56(41-36-53)75-65(71)22-11-8-9-12-23-66(72)76-78-80-82-84-86-88-87-85-83-81-79-77-73/h13-16,18-21,24-43,45-46,73H,4-7,10,17,44H2,1-3H3. The van der Waals surface area contributed by atoms with E-state index in [0.29, 0.717) is 6.61 Å². The van der Waals surface area contributed by atoms with Crippen molar-refractivity contribution in [1.29, 1.82) is 0 Å². The van der Waals surface area contributed by atoms with Gasteiger partial charge >= 0.3 is 11.9 Å². The summed E-state index contributed by atoms with van der Waals surface area (Å²) in [5.74, 6) is 12.2. The number of carbonyl (C=O) groups excluding carboxylic acids is 2. The van der Waals surface area contributed by atoms with Crippen LogP contribution in [0.15, 0.2) is 182 Å². The molecular formula is C70H54O18. The van der Waals surface area contributed by atoms with E-state index in [1.165, 1.54) is 37.7 Å². The Labute approximate surface area is 504 Å². The van der Waals surface area contributed by atoms with Crippen molar-refractivity contribution in [2.24, 2.45) is 0 Å². The smallest absolute Gasteiger partial charge is 0.421 e. The molecule has 442 valence electrons. The Morgan fingerprint density at radius 1 is 0.364 bits per heavy atom. The van der Waals surface area contributed by atoms with E-state index in [4.69, 9.17) is 14.7 Å². The molecule has 0 saturated heterocycles. The predicted octanol–water partition coefficient (Wildman–Crippen LogP) is 16.1. The van der Waals surface area contributed by atoms with Crippen molar-refractivity contribution in [3.05, 3.63) is 193 Å². The van der Waals surface area contributed by atoms with E-state index < -0.39 is 11.9 Å². The predicted molar refractivity (Wildman–Crippen MR) is 323 cm³/mol. The first kappa shape index (κ1) is 61.2. The quantitative estimate of drug-likeness (QED) is 0.00785. The molecule has 18 heteroatoms. The largest absolute Gasteiger partial charge is 0.494 e. The molecule has 0 heterocycles. The van der Waals surface area contributed by atoms with Crippen molar-refractivity contribution in [3.63, 3.8) is 0 Å². The lowest BCUT2D eigenvalue weighted by Crippen LogP contribution is -2.06. The number of carbonyl (C=O) groups is 2.